The summed E-state index contributed by atoms with van der Waals surface area (Å²) in [5, 5.41) is 8.74. The summed E-state index contributed by atoms with van der Waals surface area (Å²) >= 11 is 0. The summed E-state index contributed by atoms with van der Waals surface area (Å²) in [7, 11) is 0. The Bertz CT molecular complexity index is 399. The first-order chi connectivity index (χ1) is 8.83. The lowest BCUT2D eigenvalue weighted by atomic mass is 10.0. The number of rotatable bonds is 4. The van der Waals surface area contributed by atoms with Crippen molar-refractivity contribution >= 4 is 0 Å². The first kappa shape index (κ1) is 13.1. The van der Waals surface area contributed by atoms with Crippen molar-refractivity contribution in [3.05, 3.63) is 35.4 Å². The number of hydrogen-bond acceptors (Lipinski definition) is 3. The van der Waals surface area contributed by atoms with Gasteiger partial charge < -0.3 is 9.47 Å². The molecule has 1 saturated heterocycles. The van der Waals surface area contributed by atoms with Crippen LogP contribution in [-0.2, 0) is 9.47 Å². The number of nitrogens with zero attached hydrogens (tertiary/aromatic N) is 1. The predicted molar refractivity (Wildman–Crippen MR) is 68.8 cm³/mol. The van der Waals surface area contributed by atoms with Crippen molar-refractivity contribution in [3.8, 4) is 6.07 Å². The van der Waals surface area contributed by atoms with Crippen LogP contribution in [0, 0.1) is 17.2 Å². The van der Waals surface area contributed by atoms with Gasteiger partial charge in [-0.1, -0.05) is 31.9 Å². The molecule has 3 nitrogen and oxygen atoms in total. The molecule has 1 aliphatic rings. The highest BCUT2D eigenvalue weighted by Crippen LogP contribution is 2.27. The van der Waals surface area contributed by atoms with E-state index in [1.165, 1.54) is 19.3 Å². The minimum absolute atomic E-state index is 0.268. The summed E-state index contributed by atoms with van der Waals surface area (Å²) in [5.41, 5.74) is 1.65. The molecule has 18 heavy (non-hydrogen) atoms. The molecule has 0 amide bonds. The van der Waals surface area contributed by atoms with E-state index in [-0.39, 0.29) is 6.29 Å². The molecule has 0 atom stereocenters. The van der Waals surface area contributed by atoms with Crippen molar-refractivity contribution in [2.75, 3.05) is 13.2 Å². The van der Waals surface area contributed by atoms with Gasteiger partial charge in [0.15, 0.2) is 6.29 Å². The quantitative estimate of drug-likeness (QED) is 0.816. The molecule has 96 valence electrons. The molecule has 0 aliphatic carbocycles. The van der Waals surface area contributed by atoms with Crippen molar-refractivity contribution in [1.29, 1.82) is 5.26 Å². The highest BCUT2D eigenvalue weighted by molar-refractivity contribution is 5.32. The molecule has 0 N–H and O–H groups in total. The lowest BCUT2D eigenvalue weighted by molar-refractivity contribution is -0.206. The van der Waals surface area contributed by atoms with Crippen LogP contribution in [0.5, 0.6) is 0 Å². The topological polar surface area (TPSA) is 42.2 Å². The highest BCUT2D eigenvalue weighted by Gasteiger charge is 2.22. The van der Waals surface area contributed by atoms with Crippen LogP contribution in [0.2, 0.25) is 0 Å². The third-order valence-corrected chi connectivity index (χ3v) is 3.24. The van der Waals surface area contributed by atoms with Crippen molar-refractivity contribution in [2.24, 2.45) is 5.92 Å². The molecule has 0 bridgehead atoms. The summed E-state index contributed by atoms with van der Waals surface area (Å²) in [4.78, 5) is 0. The molecule has 0 unspecified atom stereocenters. The molecule has 0 saturated carbocycles. The van der Waals surface area contributed by atoms with Crippen LogP contribution in [-0.4, -0.2) is 13.2 Å². The third kappa shape index (κ3) is 3.32. The van der Waals surface area contributed by atoms with E-state index in [1.807, 2.05) is 12.1 Å². The second-order valence-electron chi connectivity index (χ2n) is 4.74. The van der Waals surface area contributed by atoms with Gasteiger partial charge in [-0.05, 0) is 18.6 Å². The van der Waals surface area contributed by atoms with Crippen molar-refractivity contribution in [3.63, 3.8) is 0 Å². The van der Waals surface area contributed by atoms with Gasteiger partial charge in [0.2, 0.25) is 0 Å². The molecule has 1 aliphatic heterocycles. The lowest BCUT2D eigenvalue weighted by Crippen LogP contribution is -2.27. The smallest absolute Gasteiger partial charge is 0.183 e. The van der Waals surface area contributed by atoms with Gasteiger partial charge in [0, 0.05) is 11.5 Å². The first-order valence-corrected chi connectivity index (χ1v) is 6.56. The summed E-state index contributed by atoms with van der Waals surface area (Å²) in [6, 6.07) is 9.50. The Kier molecular flexibility index (Phi) is 4.74. The van der Waals surface area contributed by atoms with Gasteiger partial charge >= 0.3 is 0 Å². The van der Waals surface area contributed by atoms with E-state index in [0.29, 0.717) is 11.5 Å². The molecule has 3 heteroatoms. The fraction of sp³-hybridized carbons (Fsp3) is 0.533. The van der Waals surface area contributed by atoms with E-state index in [4.69, 9.17) is 14.7 Å². The SMILES string of the molecule is CCCC[C@H]1CO[C@H](c2ccc(C#N)cc2)OC1. The normalized spacial score (nSPS) is 23.6. The van der Waals surface area contributed by atoms with Crippen LogP contribution >= 0.6 is 0 Å². The molecule has 1 heterocycles. The Morgan fingerprint density at radius 1 is 1.22 bits per heavy atom. The molecule has 1 aromatic carbocycles. The van der Waals surface area contributed by atoms with Gasteiger partial charge in [0.1, 0.15) is 0 Å². The maximum absolute atomic E-state index is 8.74. The average Bonchev–Trinajstić information content (AvgIpc) is 2.46. The average molecular weight is 245 g/mol. The van der Waals surface area contributed by atoms with Crippen LogP contribution in [0.3, 0.4) is 0 Å². The van der Waals surface area contributed by atoms with Crippen molar-refractivity contribution in [1.82, 2.24) is 0 Å². The minimum Gasteiger partial charge on any atom is -0.348 e. The van der Waals surface area contributed by atoms with E-state index in [2.05, 4.69) is 13.0 Å². The summed E-state index contributed by atoms with van der Waals surface area (Å²) in [6.07, 6.45) is 3.36. The largest absolute Gasteiger partial charge is 0.348 e. The van der Waals surface area contributed by atoms with E-state index >= 15 is 0 Å². The van der Waals surface area contributed by atoms with Gasteiger partial charge in [-0.3, -0.25) is 0 Å². The minimum atomic E-state index is -0.268. The van der Waals surface area contributed by atoms with Gasteiger partial charge in [0.25, 0.3) is 0 Å². The molecule has 0 aromatic heterocycles. The zero-order valence-corrected chi connectivity index (χ0v) is 10.8. The number of unbranched alkanes of at least 4 members (excludes halogenated alkanes) is 1. The predicted octanol–water partition coefficient (Wildman–Crippen LogP) is 3.41. The van der Waals surface area contributed by atoms with Crippen molar-refractivity contribution in [2.45, 2.75) is 32.5 Å². The summed E-state index contributed by atoms with van der Waals surface area (Å²) in [5.74, 6) is 0.527. The van der Waals surface area contributed by atoms with Crippen LogP contribution in [0.15, 0.2) is 24.3 Å². The molecular weight excluding hydrogens is 226 g/mol. The van der Waals surface area contributed by atoms with Crippen LogP contribution in [0.4, 0.5) is 0 Å². The van der Waals surface area contributed by atoms with Crippen LogP contribution < -0.4 is 0 Å². The Morgan fingerprint density at radius 2 is 1.89 bits per heavy atom. The first-order valence-electron chi connectivity index (χ1n) is 6.56. The molecule has 0 radical (unpaired) electrons. The van der Waals surface area contributed by atoms with E-state index in [0.717, 1.165) is 18.8 Å². The molecule has 1 fully saturated rings. The highest BCUT2D eigenvalue weighted by atomic mass is 16.7. The Morgan fingerprint density at radius 3 is 2.44 bits per heavy atom. The van der Waals surface area contributed by atoms with Crippen molar-refractivity contribution < 1.29 is 9.47 Å². The monoisotopic (exact) mass is 245 g/mol. The van der Waals surface area contributed by atoms with Gasteiger partial charge in [-0.15, -0.1) is 0 Å². The third-order valence-electron chi connectivity index (χ3n) is 3.24. The fourth-order valence-corrected chi connectivity index (χ4v) is 2.11. The zero-order valence-electron chi connectivity index (χ0n) is 10.8. The van der Waals surface area contributed by atoms with Gasteiger partial charge in [0.05, 0.1) is 24.8 Å². The molecule has 1 aromatic rings. The summed E-state index contributed by atoms with van der Waals surface area (Å²) < 4.78 is 11.5. The second-order valence-corrected chi connectivity index (χ2v) is 4.74. The van der Waals surface area contributed by atoms with Crippen LogP contribution in [0.25, 0.3) is 0 Å². The van der Waals surface area contributed by atoms with E-state index < -0.39 is 0 Å². The maximum Gasteiger partial charge on any atom is 0.183 e. The molecule has 0 spiro atoms. The van der Waals surface area contributed by atoms with Gasteiger partial charge in [-0.2, -0.15) is 5.26 Å². The number of ether oxygens (including phenoxy) is 2. The zero-order chi connectivity index (χ0) is 12.8. The summed E-state index contributed by atoms with van der Waals surface area (Å²) in [6.45, 7) is 3.74. The second kappa shape index (κ2) is 6.53. The standard InChI is InChI=1S/C15H19NO2/c1-2-3-4-13-10-17-15(18-11-13)14-7-5-12(9-16)6-8-14/h5-8,13,15H,2-4,10-11H2,1H3/t13-,15-. The Balaban J connectivity index is 1.87. The van der Waals surface area contributed by atoms with Gasteiger partial charge in [-0.25, -0.2) is 0 Å². The Labute approximate surface area is 108 Å². The number of hydrogen-bond donors (Lipinski definition) is 0. The fourth-order valence-electron chi connectivity index (χ4n) is 2.11. The molecular formula is C15H19NO2. The Hall–Kier alpha value is -1.37. The van der Waals surface area contributed by atoms with E-state index in [1.54, 1.807) is 12.1 Å². The van der Waals surface area contributed by atoms with Crippen LogP contribution in [0.1, 0.15) is 43.6 Å². The maximum atomic E-state index is 8.74. The van der Waals surface area contributed by atoms with E-state index in [9.17, 15) is 0 Å². The number of nitriles is 1. The lowest BCUT2D eigenvalue weighted by Gasteiger charge is -2.29. The molecule has 2 rings (SSSR count). The number of benzene rings is 1.